The van der Waals surface area contributed by atoms with Crippen LogP contribution in [0.4, 0.5) is 26.3 Å². The Labute approximate surface area is 298 Å². The molecule has 0 N–H and O–H groups in total. The van der Waals surface area contributed by atoms with Crippen LogP contribution in [0.25, 0.3) is 72.8 Å². The Morgan fingerprint density at radius 3 is 1.72 bits per heavy atom. The van der Waals surface area contributed by atoms with E-state index >= 15 is 0 Å². The van der Waals surface area contributed by atoms with Crippen molar-refractivity contribution >= 4 is 21.8 Å². The zero-order valence-electron chi connectivity index (χ0n) is 27.3. The molecule has 0 aliphatic rings. The van der Waals surface area contributed by atoms with Gasteiger partial charge in [0.1, 0.15) is 0 Å². The first-order valence-corrected chi connectivity index (χ1v) is 16.2. The lowest BCUT2D eigenvalue weighted by molar-refractivity contribution is -0.142. The second-order valence-corrected chi connectivity index (χ2v) is 12.2. The molecule has 53 heavy (non-hydrogen) atoms. The van der Waals surface area contributed by atoms with Crippen LogP contribution in [0, 0.1) is 11.3 Å². The summed E-state index contributed by atoms with van der Waals surface area (Å²) in [5.74, 6) is 1.09. The highest BCUT2D eigenvalue weighted by atomic mass is 19.4. The molecule has 0 unspecified atom stereocenters. The molecule has 11 heteroatoms. The second kappa shape index (κ2) is 12.8. The van der Waals surface area contributed by atoms with Crippen molar-refractivity contribution in [1.29, 1.82) is 5.26 Å². The number of alkyl halides is 6. The van der Waals surface area contributed by atoms with Gasteiger partial charge in [0.15, 0.2) is 17.5 Å². The third-order valence-electron chi connectivity index (χ3n) is 8.96. The lowest BCUT2D eigenvalue weighted by atomic mass is 9.95. The number of hydrogen-bond acceptors (Lipinski definition) is 4. The van der Waals surface area contributed by atoms with Gasteiger partial charge >= 0.3 is 12.4 Å². The fraction of sp³-hybridized carbons (Fsp3) is 0.0476. The van der Waals surface area contributed by atoms with Gasteiger partial charge in [0.05, 0.1) is 33.8 Å². The summed E-state index contributed by atoms with van der Waals surface area (Å²) >= 11 is 0. The highest BCUT2D eigenvalue weighted by molar-refractivity contribution is 6.10. The van der Waals surface area contributed by atoms with Crippen LogP contribution in [0.1, 0.15) is 16.7 Å². The molecule has 2 heterocycles. The van der Waals surface area contributed by atoms with Gasteiger partial charge in [-0.3, -0.25) is 0 Å². The summed E-state index contributed by atoms with van der Waals surface area (Å²) in [6, 6.07) is 39.9. The monoisotopic (exact) mass is 711 g/mol. The smallest absolute Gasteiger partial charge is 0.309 e. The van der Waals surface area contributed by atoms with E-state index in [4.69, 9.17) is 15.0 Å². The minimum atomic E-state index is -5.03. The number of para-hydroxylation sites is 1. The molecule has 2 aromatic heterocycles. The standard InChI is InChI=1S/C42H23F6N5/c43-41(44,45)29-17-19-31(35(22-29)42(46,47)48)27-16-20-37-34(21-27)32-13-7-8-14-36(32)53(37)30-18-15-28(24-49)33(23-30)40-51-38(25-9-3-1-4-10-25)50-39(52-40)26-11-5-2-6-12-26/h1-23H. The maximum absolute atomic E-state index is 14.2. The van der Waals surface area contributed by atoms with E-state index in [9.17, 15) is 31.6 Å². The summed E-state index contributed by atoms with van der Waals surface area (Å²) in [5, 5.41) is 11.5. The molecule has 0 aliphatic heterocycles. The third kappa shape index (κ3) is 6.14. The van der Waals surface area contributed by atoms with Crippen LogP contribution in [0.3, 0.4) is 0 Å². The van der Waals surface area contributed by atoms with E-state index in [-0.39, 0.29) is 23.0 Å². The molecule has 0 fully saturated rings. The molecule has 0 radical (unpaired) electrons. The molecule has 0 amide bonds. The molecule has 0 aliphatic carbocycles. The summed E-state index contributed by atoms with van der Waals surface area (Å²) in [5.41, 5.74) is 1.17. The zero-order valence-corrected chi connectivity index (χ0v) is 27.3. The van der Waals surface area contributed by atoms with Crippen molar-refractivity contribution in [3.63, 3.8) is 0 Å². The Hall–Kier alpha value is -6.80. The first kappa shape index (κ1) is 33.3. The van der Waals surface area contributed by atoms with Crippen molar-refractivity contribution in [2.24, 2.45) is 0 Å². The predicted molar refractivity (Wildman–Crippen MR) is 191 cm³/mol. The van der Waals surface area contributed by atoms with E-state index in [2.05, 4.69) is 6.07 Å². The van der Waals surface area contributed by atoms with Gasteiger partial charge in [-0.15, -0.1) is 0 Å². The Kier molecular flexibility index (Phi) is 8.03. The Balaban J connectivity index is 1.32. The first-order chi connectivity index (χ1) is 25.5. The lowest BCUT2D eigenvalue weighted by Crippen LogP contribution is -2.12. The second-order valence-electron chi connectivity index (χ2n) is 12.2. The van der Waals surface area contributed by atoms with Crippen LogP contribution < -0.4 is 0 Å². The molecule has 0 bridgehead atoms. The summed E-state index contributed by atoms with van der Waals surface area (Å²) in [6.07, 6.45) is -9.97. The van der Waals surface area contributed by atoms with E-state index < -0.39 is 23.5 Å². The molecule has 8 rings (SSSR count). The van der Waals surface area contributed by atoms with E-state index in [1.165, 1.54) is 6.07 Å². The molecule has 0 saturated heterocycles. The molecule has 8 aromatic rings. The maximum Gasteiger partial charge on any atom is 0.417 e. The van der Waals surface area contributed by atoms with Crippen LogP contribution >= 0.6 is 0 Å². The van der Waals surface area contributed by atoms with Gasteiger partial charge in [-0.2, -0.15) is 31.6 Å². The molecular weight excluding hydrogens is 688 g/mol. The van der Waals surface area contributed by atoms with Gasteiger partial charge in [-0.1, -0.05) is 91.0 Å². The van der Waals surface area contributed by atoms with Crippen molar-refractivity contribution in [2.75, 3.05) is 0 Å². The average molecular weight is 712 g/mol. The molecule has 6 aromatic carbocycles. The SMILES string of the molecule is N#Cc1ccc(-n2c3ccccc3c3cc(-c4ccc(C(F)(F)F)cc4C(F)(F)F)ccc32)cc1-c1nc(-c2ccccc2)nc(-c2ccccc2)n1. The van der Waals surface area contributed by atoms with Gasteiger partial charge in [0, 0.05) is 33.2 Å². The number of benzene rings is 6. The Morgan fingerprint density at radius 2 is 1.09 bits per heavy atom. The van der Waals surface area contributed by atoms with Gasteiger partial charge in [-0.05, 0) is 59.7 Å². The highest BCUT2D eigenvalue weighted by Gasteiger charge is 2.38. The maximum atomic E-state index is 14.2. The molecule has 0 spiro atoms. The minimum absolute atomic E-state index is 0.106. The average Bonchev–Trinajstić information content (AvgIpc) is 3.51. The van der Waals surface area contributed by atoms with E-state index in [1.807, 2.05) is 83.4 Å². The molecule has 0 saturated carbocycles. The minimum Gasteiger partial charge on any atom is -0.309 e. The van der Waals surface area contributed by atoms with Crippen molar-refractivity contribution in [3.8, 4) is 57.0 Å². The predicted octanol–water partition coefficient (Wildman–Crippen LogP) is 11.5. The van der Waals surface area contributed by atoms with Crippen LogP contribution in [-0.4, -0.2) is 19.5 Å². The van der Waals surface area contributed by atoms with Gasteiger partial charge in [0.25, 0.3) is 0 Å². The normalized spacial score (nSPS) is 11.9. The number of halogens is 6. The van der Waals surface area contributed by atoms with Gasteiger partial charge in [0.2, 0.25) is 0 Å². The highest BCUT2D eigenvalue weighted by Crippen LogP contribution is 2.43. The largest absolute Gasteiger partial charge is 0.417 e. The number of fused-ring (bicyclic) bond motifs is 3. The van der Waals surface area contributed by atoms with Crippen LogP contribution in [-0.2, 0) is 12.4 Å². The van der Waals surface area contributed by atoms with Crippen molar-refractivity contribution in [2.45, 2.75) is 12.4 Å². The summed E-state index contributed by atoms with van der Waals surface area (Å²) in [7, 11) is 0. The number of nitrogens with zero attached hydrogens (tertiary/aromatic N) is 5. The Morgan fingerprint density at radius 1 is 0.491 bits per heavy atom. The van der Waals surface area contributed by atoms with Gasteiger partial charge < -0.3 is 4.57 Å². The van der Waals surface area contributed by atoms with E-state index in [1.54, 1.807) is 36.4 Å². The fourth-order valence-corrected chi connectivity index (χ4v) is 6.51. The fourth-order valence-electron chi connectivity index (χ4n) is 6.51. The molecular formula is C42H23F6N5. The number of nitriles is 1. The van der Waals surface area contributed by atoms with Crippen LogP contribution in [0.15, 0.2) is 140 Å². The third-order valence-corrected chi connectivity index (χ3v) is 8.96. The van der Waals surface area contributed by atoms with Crippen molar-refractivity contribution < 1.29 is 26.3 Å². The van der Waals surface area contributed by atoms with E-state index in [0.717, 1.165) is 17.2 Å². The van der Waals surface area contributed by atoms with Crippen LogP contribution in [0.2, 0.25) is 0 Å². The zero-order chi connectivity index (χ0) is 36.9. The summed E-state index contributed by atoms with van der Waals surface area (Å²) in [6.45, 7) is 0. The number of aromatic nitrogens is 4. The van der Waals surface area contributed by atoms with Gasteiger partial charge in [-0.25, -0.2) is 15.0 Å². The van der Waals surface area contributed by atoms with Crippen molar-refractivity contribution in [1.82, 2.24) is 19.5 Å². The quantitative estimate of drug-likeness (QED) is 0.167. The lowest BCUT2D eigenvalue weighted by Gasteiger charge is -2.16. The van der Waals surface area contributed by atoms with Crippen LogP contribution in [0.5, 0.6) is 0 Å². The van der Waals surface area contributed by atoms with E-state index in [0.29, 0.717) is 56.3 Å². The molecule has 5 nitrogen and oxygen atoms in total. The number of hydrogen-bond donors (Lipinski definition) is 0. The molecule has 0 atom stereocenters. The summed E-state index contributed by atoms with van der Waals surface area (Å²) < 4.78 is 84.7. The summed E-state index contributed by atoms with van der Waals surface area (Å²) in [4.78, 5) is 14.4. The first-order valence-electron chi connectivity index (χ1n) is 16.2. The topological polar surface area (TPSA) is 67.4 Å². The van der Waals surface area contributed by atoms with Crippen molar-refractivity contribution in [3.05, 3.63) is 156 Å². The Bertz CT molecular complexity index is 2650. The number of rotatable bonds is 5. The molecule has 258 valence electrons.